The number of ether oxygens (including phenoxy) is 2. The molecule has 0 atom stereocenters. The van der Waals surface area contributed by atoms with Crippen LogP contribution in [0.1, 0.15) is 44.1 Å². The maximum Gasteiger partial charge on any atom is 0.333 e. The number of hydrogen-bond acceptors (Lipinski definition) is 6. The first kappa shape index (κ1) is 25.8. The minimum absolute atomic E-state index is 0.234. The summed E-state index contributed by atoms with van der Waals surface area (Å²) in [6.07, 6.45) is 8.45. The van der Waals surface area contributed by atoms with E-state index in [2.05, 4.69) is 10.3 Å². The molecule has 10 nitrogen and oxygen atoms in total. The number of aromatic nitrogens is 4. The van der Waals surface area contributed by atoms with Gasteiger partial charge in [0, 0.05) is 26.8 Å². The van der Waals surface area contributed by atoms with Gasteiger partial charge in [0.15, 0.2) is 11.2 Å². The zero-order valence-electron chi connectivity index (χ0n) is 20.9. The summed E-state index contributed by atoms with van der Waals surface area (Å²) in [4.78, 5) is 43.7. The summed E-state index contributed by atoms with van der Waals surface area (Å²) >= 11 is 0. The monoisotopic (exact) mass is 497 g/mol. The fourth-order valence-electron chi connectivity index (χ4n) is 4.63. The molecule has 0 saturated heterocycles. The van der Waals surface area contributed by atoms with Crippen LogP contribution >= 0.6 is 0 Å². The van der Waals surface area contributed by atoms with Crippen molar-refractivity contribution in [3.8, 4) is 0 Å². The van der Waals surface area contributed by atoms with Crippen LogP contribution in [0.5, 0.6) is 0 Å². The summed E-state index contributed by atoms with van der Waals surface area (Å²) in [7, 11) is 1.58. The van der Waals surface area contributed by atoms with Crippen LogP contribution in [0.4, 0.5) is 0 Å². The molecule has 1 N–H and O–H groups in total. The number of methoxy groups -OCH3 is 1. The van der Waals surface area contributed by atoms with Crippen molar-refractivity contribution in [1.82, 2.24) is 24.0 Å². The van der Waals surface area contributed by atoms with E-state index in [1.807, 2.05) is 30.3 Å². The highest BCUT2D eigenvalue weighted by molar-refractivity contribution is 5.76. The molecular weight excluding hydrogens is 462 g/mol. The van der Waals surface area contributed by atoms with Gasteiger partial charge in [-0.3, -0.25) is 14.2 Å². The minimum atomic E-state index is -0.566. The smallest absolute Gasteiger partial charge is 0.333 e. The zero-order chi connectivity index (χ0) is 25.3. The molecule has 0 bridgehead atoms. The van der Waals surface area contributed by atoms with Crippen LogP contribution in [0.25, 0.3) is 11.2 Å². The van der Waals surface area contributed by atoms with Crippen molar-refractivity contribution in [1.29, 1.82) is 0 Å². The van der Waals surface area contributed by atoms with Crippen LogP contribution in [0, 0.1) is 0 Å². The third kappa shape index (κ3) is 6.30. The molecule has 1 aromatic carbocycles. The van der Waals surface area contributed by atoms with E-state index >= 15 is 0 Å². The molecule has 194 valence electrons. The van der Waals surface area contributed by atoms with Crippen LogP contribution in [0.3, 0.4) is 0 Å². The maximum atomic E-state index is 13.4. The van der Waals surface area contributed by atoms with E-state index in [0.29, 0.717) is 44.5 Å². The number of carbonyl (C=O) groups excluding carboxylic acids is 1. The number of benzene rings is 1. The number of hydrogen-bond donors (Lipinski definition) is 1. The highest BCUT2D eigenvalue weighted by Gasteiger charge is 2.20. The highest BCUT2D eigenvalue weighted by atomic mass is 16.5. The van der Waals surface area contributed by atoms with Gasteiger partial charge >= 0.3 is 5.69 Å². The predicted molar refractivity (Wildman–Crippen MR) is 136 cm³/mol. The third-order valence-electron chi connectivity index (χ3n) is 6.55. The molecule has 0 radical (unpaired) electrons. The third-order valence-corrected chi connectivity index (χ3v) is 6.55. The van der Waals surface area contributed by atoms with Crippen molar-refractivity contribution in [2.45, 2.75) is 64.3 Å². The van der Waals surface area contributed by atoms with Gasteiger partial charge in [-0.15, -0.1) is 0 Å². The van der Waals surface area contributed by atoms with Gasteiger partial charge in [-0.2, -0.15) is 0 Å². The lowest BCUT2D eigenvalue weighted by atomic mass is 9.98. The van der Waals surface area contributed by atoms with Gasteiger partial charge in [0.1, 0.15) is 6.54 Å². The van der Waals surface area contributed by atoms with Crippen LogP contribution in [-0.4, -0.2) is 57.6 Å². The molecule has 0 spiro atoms. The molecule has 0 aliphatic heterocycles. The second-order valence-electron chi connectivity index (χ2n) is 9.18. The normalized spacial score (nSPS) is 14.4. The zero-order valence-corrected chi connectivity index (χ0v) is 20.9. The first-order chi connectivity index (χ1) is 17.6. The first-order valence-corrected chi connectivity index (χ1v) is 12.7. The Hall–Kier alpha value is -3.24. The Bertz CT molecular complexity index is 1260. The number of imidazole rings is 1. The fourth-order valence-corrected chi connectivity index (χ4v) is 4.63. The van der Waals surface area contributed by atoms with Crippen LogP contribution in [0.15, 0.2) is 46.2 Å². The average Bonchev–Trinajstić information content (AvgIpc) is 3.33. The lowest BCUT2D eigenvalue weighted by Gasteiger charge is -2.21. The van der Waals surface area contributed by atoms with Crippen LogP contribution < -0.4 is 16.6 Å². The van der Waals surface area contributed by atoms with Crippen molar-refractivity contribution in [3.05, 3.63) is 63.1 Å². The van der Waals surface area contributed by atoms with Gasteiger partial charge in [0.2, 0.25) is 5.91 Å². The minimum Gasteiger partial charge on any atom is -0.383 e. The van der Waals surface area contributed by atoms with Crippen molar-refractivity contribution >= 4 is 17.1 Å². The SMILES string of the molecule is COCCn1cnc2c1c(=O)n(CC(=O)NCCCOC1CCCCC1)c(=O)n2Cc1ccccc1. The molecule has 1 aliphatic rings. The van der Waals surface area contributed by atoms with E-state index in [0.717, 1.165) is 23.0 Å². The van der Waals surface area contributed by atoms with Crippen molar-refractivity contribution in [2.24, 2.45) is 0 Å². The summed E-state index contributed by atoms with van der Waals surface area (Å²) in [5.41, 5.74) is 0.352. The quantitative estimate of drug-likeness (QED) is 0.383. The van der Waals surface area contributed by atoms with Crippen molar-refractivity contribution in [3.63, 3.8) is 0 Å². The Morgan fingerprint density at radius 2 is 1.86 bits per heavy atom. The molecule has 1 amide bonds. The van der Waals surface area contributed by atoms with Crippen molar-refractivity contribution in [2.75, 3.05) is 26.9 Å². The van der Waals surface area contributed by atoms with E-state index in [4.69, 9.17) is 9.47 Å². The summed E-state index contributed by atoms with van der Waals surface area (Å²) in [5.74, 6) is -0.388. The first-order valence-electron chi connectivity index (χ1n) is 12.7. The van der Waals surface area contributed by atoms with Gasteiger partial charge in [-0.25, -0.2) is 14.3 Å². The summed E-state index contributed by atoms with van der Waals surface area (Å²) in [6, 6.07) is 9.47. The Morgan fingerprint density at radius 1 is 1.08 bits per heavy atom. The number of nitrogens with one attached hydrogen (secondary N) is 1. The largest absolute Gasteiger partial charge is 0.383 e. The summed E-state index contributed by atoms with van der Waals surface area (Å²) in [5, 5.41) is 2.81. The second-order valence-corrected chi connectivity index (χ2v) is 9.18. The van der Waals surface area contributed by atoms with E-state index in [9.17, 15) is 14.4 Å². The number of nitrogens with zero attached hydrogens (tertiary/aromatic N) is 4. The molecule has 3 aromatic rings. The molecule has 36 heavy (non-hydrogen) atoms. The number of rotatable bonds is 12. The fraction of sp³-hybridized carbons (Fsp3) is 0.538. The van der Waals surface area contributed by atoms with Gasteiger partial charge in [-0.1, -0.05) is 49.6 Å². The number of carbonyl (C=O) groups is 1. The molecule has 4 rings (SSSR count). The Kier molecular flexibility index (Phi) is 9.07. The molecule has 0 unspecified atom stereocenters. The summed E-state index contributed by atoms with van der Waals surface area (Å²) in [6.45, 7) is 1.66. The Morgan fingerprint density at radius 3 is 2.61 bits per heavy atom. The lowest BCUT2D eigenvalue weighted by Crippen LogP contribution is -2.44. The Labute approximate surface area is 209 Å². The standard InChI is InChI=1S/C26H35N5O5/c1-35-16-14-29-19-28-24-23(29)25(33)31(26(34)30(24)17-20-9-4-2-5-10-20)18-22(32)27-13-8-15-36-21-11-6-3-7-12-21/h2,4-5,9-10,19,21H,3,6-8,11-18H2,1H3,(H,27,32). The molecule has 1 saturated carbocycles. The summed E-state index contributed by atoms with van der Waals surface area (Å²) < 4.78 is 15.2. The molecule has 2 aromatic heterocycles. The van der Waals surface area contributed by atoms with Crippen LogP contribution in [-0.2, 0) is 33.9 Å². The average molecular weight is 498 g/mol. The van der Waals surface area contributed by atoms with Crippen molar-refractivity contribution < 1.29 is 14.3 Å². The molecule has 1 aliphatic carbocycles. The van der Waals surface area contributed by atoms with E-state index in [-0.39, 0.29) is 24.5 Å². The molecule has 1 fully saturated rings. The highest BCUT2D eigenvalue weighted by Crippen LogP contribution is 2.20. The number of fused-ring (bicyclic) bond motifs is 1. The van der Waals surface area contributed by atoms with E-state index in [1.165, 1.54) is 30.2 Å². The number of amides is 1. The lowest BCUT2D eigenvalue weighted by molar-refractivity contribution is -0.121. The van der Waals surface area contributed by atoms with Gasteiger partial charge in [-0.05, 0) is 24.8 Å². The van der Waals surface area contributed by atoms with Gasteiger partial charge < -0.3 is 19.4 Å². The topological polar surface area (TPSA) is 109 Å². The van der Waals surface area contributed by atoms with Crippen LogP contribution in [0.2, 0.25) is 0 Å². The Balaban J connectivity index is 1.50. The second kappa shape index (κ2) is 12.6. The maximum absolute atomic E-state index is 13.4. The van der Waals surface area contributed by atoms with E-state index in [1.54, 1.807) is 11.7 Å². The van der Waals surface area contributed by atoms with Gasteiger partial charge in [0.05, 0.1) is 25.6 Å². The molecule has 2 heterocycles. The molecular formula is C26H35N5O5. The van der Waals surface area contributed by atoms with E-state index < -0.39 is 11.2 Å². The van der Waals surface area contributed by atoms with Gasteiger partial charge in [0.25, 0.3) is 5.56 Å². The molecule has 10 heteroatoms. The predicted octanol–water partition coefficient (Wildman–Crippen LogP) is 1.91.